The Morgan fingerprint density at radius 1 is 1.27 bits per heavy atom. The van der Waals surface area contributed by atoms with Gasteiger partial charge in [-0.2, -0.15) is 0 Å². The van der Waals surface area contributed by atoms with E-state index in [9.17, 15) is 8.78 Å². The minimum absolute atomic E-state index is 0.443. The lowest BCUT2D eigenvalue weighted by Crippen LogP contribution is -1.87. The molecule has 0 unspecified atom stereocenters. The highest BCUT2D eigenvalue weighted by molar-refractivity contribution is 6.17. The highest BCUT2D eigenvalue weighted by Gasteiger charge is 2.08. The molecule has 0 aliphatic carbocycles. The average molecular weight is 231 g/mol. The first-order valence-corrected chi connectivity index (χ1v) is 5.14. The zero-order valence-electron chi connectivity index (χ0n) is 7.86. The number of benzene rings is 1. The summed E-state index contributed by atoms with van der Waals surface area (Å²) in [6, 6.07) is 2.20. The third kappa shape index (κ3) is 2.09. The van der Waals surface area contributed by atoms with Crippen molar-refractivity contribution in [2.45, 2.75) is 12.8 Å². The lowest BCUT2D eigenvalue weighted by Gasteiger charge is -1.90. The molecule has 2 aromatic rings. The van der Waals surface area contributed by atoms with Crippen LogP contribution in [0.4, 0.5) is 8.78 Å². The fourth-order valence-corrected chi connectivity index (χ4v) is 1.54. The first-order chi connectivity index (χ1) is 7.20. The van der Waals surface area contributed by atoms with Crippen molar-refractivity contribution in [1.82, 2.24) is 9.97 Å². The van der Waals surface area contributed by atoms with Gasteiger partial charge in [-0.15, -0.1) is 11.6 Å². The van der Waals surface area contributed by atoms with Crippen molar-refractivity contribution in [3.8, 4) is 0 Å². The Kier molecular flexibility index (Phi) is 2.86. The molecule has 0 bridgehead atoms. The minimum Gasteiger partial charge on any atom is -0.342 e. The number of aryl methyl sites for hydroxylation is 1. The molecular weight excluding hydrogens is 222 g/mol. The second kappa shape index (κ2) is 4.14. The molecule has 0 amide bonds. The number of rotatable bonds is 3. The molecule has 0 aliphatic rings. The Hall–Kier alpha value is -1.16. The molecule has 80 valence electrons. The molecule has 0 spiro atoms. The summed E-state index contributed by atoms with van der Waals surface area (Å²) < 4.78 is 25.7. The van der Waals surface area contributed by atoms with Crippen LogP contribution in [0.5, 0.6) is 0 Å². The number of aromatic amines is 1. The molecule has 0 atom stereocenters. The van der Waals surface area contributed by atoms with Crippen LogP contribution in [0.3, 0.4) is 0 Å². The molecule has 0 fully saturated rings. The molecule has 2 nitrogen and oxygen atoms in total. The number of hydrogen-bond donors (Lipinski definition) is 1. The van der Waals surface area contributed by atoms with Crippen LogP contribution >= 0.6 is 11.6 Å². The van der Waals surface area contributed by atoms with E-state index in [1.54, 1.807) is 0 Å². The van der Waals surface area contributed by atoms with Gasteiger partial charge in [-0.25, -0.2) is 13.8 Å². The van der Waals surface area contributed by atoms with E-state index in [0.29, 0.717) is 29.2 Å². The van der Waals surface area contributed by atoms with Crippen LogP contribution in [-0.2, 0) is 6.42 Å². The van der Waals surface area contributed by atoms with Crippen LogP contribution in [0.25, 0.3) is 11.0 Å². The Morgan fingerprint density at radius 2 is 2.00 bits per heavy atom. The maximum Gasteiger partial charge on any atom is 0.161 e. The van der Waals surface area contributed by atoms with E-state index in [4.69, 9.17) is 11.6 Å². The van der Waals surface area contributed by atoms with Gasteiger partial charge in [0.15, 0.2) is 11.6 Å². The third-order valence-electron chi connectivity index (χ3n) is 2.12. The molecule has 0 aliphatic heterocycles. The average Bonchev–Trinajstić information content (AvgIpc) is 2.58. The standard InChI is InChI=1S/C10H9ClF2N2/c11-3-1-2-10-14-8-4-6(12)7(13)5-9(8)15-10/h4-5H,1-3H2,(H,14,15). The quantitative estimate of drug-likeness (QED) is 0.807. The predicted molar refractivity (Wildman–Crippen MR) is 55.1 cm³/mol. The van der Waals surface area contributed by atoms with Crippen LogP contribution < -0.4 is 0 Å². The van der Waals surface area contributed by atoms with Crippen LogP contribution in [0.2, 0.25) is 0 Å². The maximum atomic E-state index is 12.9. The molecule has 0 radical (unpaired) electrons. The van der Waals surface area contributed by atoms with Gasteiger partial charge in [0.05, 0.1) is 11.0 Å². The SMILES string of the molecule is Fc1cc2nc(CCCCl)[nH]c2cc1F. The van der Waals surface area contributed by atoms with E-state index in [1.807, 2.05) is 0 Å². The number of imidazole rings is 1. The van der Waals surface area contributed by atoms with E-state index in [0.717, 1.165) is 18.6 Å². The van der Waals surface area contributed by atoms with Gasteiger partial charge < -0.3 is 4.98 Å². The zero-order chi connectivity index (χ0) is 10.8. The maximum absolute atomic E-state index is 12.9. The van der Waals surface area contributed by atoms with Gasteiger partial charge in [-0.1, -0.05) is 0 Å². The van der Waals surface area contributed by atoms with Crippen molar-refractivity contribution in [3.05, 3.63) is 29.6 Å². The molecule has 0 saturated carbocycles. The Bertz CT molecular complexity index is 442. The van der Waals surface area contributed by atoms with Crippen LogP contribution in [-0.4, -0.2) is 15.8 Å². The van der Waals surface area contributed by atoms with Gasteiger partial charge in [0.2, 0.25) is 0 Å². The van der Waals surface area contributed by atoms with E-state index in [1.165, 1.54) is 0 Å². The second-order valence-electron chi connectivity index (χ2n) is 3.26. The van der Waals surface area contributed by atoms with Gasteiger partial charge in [0.25, 0.3) is 0 Å². The van der Waals surface area contributed by atoms with Crippen molar-refractivity contribution in [2.75, 3.05) is 5.88 Å². The second-order valence-corrected chi connectivity index (χ2v) is 3.64. The monoisotopic (exact) mass is 230 g/mol. The van der Waals surface area contributed by atoms with Crippen molar-refractivity contribution < 1.29 is 8.78 Å². The van der Waals surface area contributed by atoms with Gasteiger partial charge >= 0.3 is 0 Å². The fraction of sp³-hybridized carbons (Fsp3) is 0.300. The summed E-state index contributed by atoms with van der Waals surface area (Å²) in [5.74, 6) is -0.497. The summed E-state index contributed by atoms with van der Waals surface area (Å²) in [4.78, 5) is 7.05. The molecule has 1 aromatic carbocycles. The van der Waals surface area contributed by atoms with Crippen LogP contribution in [0.15, 0.2) is 12.1 Å². The summed E-state index contributed by atoms with van der Waals surface area (Å²) in [7, 11) is 0. The van der Waals surface area contributed by atoms with Crippen molar-refractivity contribution in [2.24, 2.45) is 0 Å². The number of nitrogens with one attached hydrogen (secondary N) is 1. The topological polar surface area (TPSA) is 28.7 Å². The summed E-state index contributed by atoms with van der Waals surface area (Å²) >= 11 is 5.54. The van der Waals surface area contributed by atoms with E-state index in [2.05, 4.69) is 9.97 Å². The lowest BCUT2D eigenvalue weighted by molar-refractivity contribution is 0.510. The van der Waals surface area contributed by atoms with Gasteiger partial charge in [0, 0.05) is 24.4 Å². The normalized spacial score (nSPS) is 11.1. The molecule has 1 heterocycles. The minimum atomic E-state index is -0.877. The summed E-state index contributed by atoms with van der Waals surface area (Å²) in [5, 5.41) is 0. The molecule has 5 heteroatoms. The molecule has 1 N–H and O–H groups in total. The number of alkyl halides is 1. The molecular formula is C10H9ClF2N2. The molecule has 0 saturated heterocycles. The molecule has 15 heavy (non-hydrogen) atoms. The van der Waals surface area contributed by atoms with E-state index >= 15 is 0 Å². The highest BCUT2D eigenvalue weighted by atomic mass is 35.5. The van der Waals surface area contributed by atoms with Crippen LogP contribution in [0, 0.1) is 11.6 Å². The van der Waals surface area contributed by atoms with E-state index < -0.39 is 11.6 Å². The Labute approximate surface area is 90.3 Å². The number of H-pyrrole nitrogens is 1. The number of halogens is 3. The summed E-state index contributed by atoms with van der Waals surface area (Å²) in [6.45, 7) is 0. The predicted octanol–water partition coefficient (Wildman–Crippen LogP) is 3.01. The Balaban J connectivity index is 2.38. The fourth-order valence-electron chi connectivity index (χ4n) is 1.41. The van der Waals surface area contributed by atoms with Gasteiger partial charge in [-0.3, -0.25) is 0 Å². The largest absolute Gasteiger partial charge is 0.342 e. The number of nitrogens with zero attached hydrogens (tertiary/aromatic N) is 1. The zero-order valence-corrected chi connectivity index (χ0v) is 8.61. The molecule has 2 rings (SSSR count). The van der Waals surface area contributed by atoms with Gasteiger partial charge in [-0.05, 0) is 6.42 Å². The van der Waals surface area contributed by atoms with Crippen LogP contribution in [0.1, 0.15) is 12.2 Å². The number of hydrogen-bond acceptors (Lipinski definition) is 1. The van der Waals surface area contributed by atoms with Crippen molar-refractivity contribution >= 4 is 22.6 Å². The van der Waals surface area contributed by atoms with Crippen molar-refractivity contribution in [1.29, 1.82) is 0 Å². The smallest absolute Gasteiger partial charge is 0.161 e. The summed E-state index contributed by atoms with van der Waals surface area (Å²) in [6.07, 6.45) is 1.47. The number of aromatic nitrogens is 2. The van der Waals surface area contributed by atoms with Gasteiger partial charge in [0.1, 0.15) is 5.82 Å². The lowest BCUT2D eigenvalue weighted by atomic mass is 10.3. The number of fused-ring (bicyclic) bond motifs is 1. The highest BCUT2D eigenvalue weighted by Crippen LogP contribution is 2.16. The molecule has 1 aromatic heterocycles. The third-order valence-corrected chi connectivity index (χ3v) is 2.39. The van der Waals surface area contributed by atoms with E-state index in [-0.39, 0.29) is 0 Å². The first kappa shape index (κ1) is 10.4. The van der Waals surface area contributed by atoms with Crippen molar-refractivity contribution in [3.63, 3.8) is 0 Å². The Morgan fingerprint density at radius 3 is 2.73 bits per heavy atom. The first-order valence-electron chi connectivity index (χ1n) is 4.60. The summed E-state index contributed by atoms with van der Waals surface area (Å²) in [5.41, 5.74) is 0.956.